The lowest BCUT2D eigenvalue weighted by Crippen LogP contribution is -2.39. The van der Waals surface area contributed by atoms with Gasteiger partial charge in [0.2, 0.25) is 0 Å². The van der Waals surface area contributed by atoms with Crippen LogP contribution in [0, 0.1) is 12.8 Å². The predicted octanol–water partition coefficient (Wildman–Crippen LogP) is 4.14. The van der Waals surface area contributed by atoms with Crippen molar-refractivity contribution < 1.29 is 4.79 Å². The van der Waals surface area contributed by atoms with E-state index in [4.69, 9.17) is 0 Å². The van der Waals surface area contributed by atoms with Crippen LogP contribution in [0.4, 0.5) is 10.5 Å². The van der Waals surface area contributed by atoms with Crippen molar-refractivity contribution in [3.8, 4) is 0 Å². The minimum Gasteiger partial charge on any atom is -0.322 e. The molecule has 126 valence electrons. The first-order chi connectivity index (χ1) is 11.2. The van der Waals surface area contributed by atoms with E-state index in [1.807, 2.05) is 17.9 Å². The molecule has 0 radical (unpaired) electrons. The van der Waals surface area contributed by atoms with Gasteiger partial charge in [-0.2, -0.15) is 10.2 Å². The number of likely N-dealkylation sites (tertiary alicyclic amines) is 1. The number of hydrogen-bond acceptors (Lipinski definition) is 3. The molecule has 1 aromatic heterocycles. The van der Waals surface area contributed by atoms with Crippen molar-refractivity contribution in [3.05, 3.63) is 18.0 Å². The van der Waals surface area contributed by atoms with Crippen molar-refractivity contribution in [1.29, 1.82) is 0 Å². The number of urea groups is 1. The van der Waals surface area contributed by atoms with Gasteiger partial charge in [-0.3, -0.25) is 0 Å². The van der Waals surface area contributed by atoms with Crippen molar-refractivity contribution in [3.63, 3.8) is 0 Å². The molecule has 1 saturated heterocycles. The second-order valence-electron chi connectivity index (χ2n) is 7.03. The van der Waals surface area contributed by atoms with Crippen molar-refractivity contribution in [2.24, 2.45) is 5.92 Å². The highest BCUT2D eigenvalue weighted by atomic mass is 16.2. The fourth-order valence-corrected chi connectivity index (χ4v) is 4.03. The normalized spacial score (nSPS) is 22.3. The van der Waals surface area contributed by atoms with Crippen LogP contribution in [0.25, 0.3) is 0 Å². The van der Waals surface area contributed by atoms with Crippen LogP contribution in [0.5, 0.6) is 0 Å². The molecule has 0 spiro atoms. The Kier molecular flexibility index (Phi) is 5.47. The molecular weight excluding hydrogens is 288 g/mol. The van der Waals surface area contributed by atoms with Gasteiger partial charge in [-0.25, -0.2) is 4.79 Å². The molecule has 2 heterocycles. The summed E-state index contributed by atoms with van der Waals surface area (Å²) in [5, 5.41) is 10.8. The molecule has 0 aromatic carbocycles. The number of carbonyl (C=O) groups is 1. The third-order valence-corrected chi connectivity index (χ3v) is 5.42. The molecule has 1 atom stereocenters. The summed E-state index contributed by atoms with van der Waals surface area (Å²) >= 11 is 0. The van der Waals surface area contributed by atoms with Crippen LogP contribution in [0.2, 0.25) is 0 Å². The maximum absolute atomic E-state index is 12.6. The van der Waals surface area contributed by atoms with Crippen molar-refractivity contribution in [2.45, 2.75) is 70.8 Å². The van der Waals surface area contributed by atoms with Gasteiger partial charge in [0.15, 0.2) is 0 Å². The molecule has 0 bridgehead atoms. The lowest BCUT2D eigenvalue weighted by Gasteiger charge is -2.28. The first kappa shape index (κ1) is 16.2. The molecule has 2 amide bonds. The summed E-state index contributed by atoms with van der Waals surface area (Å²) in [4.78, 5) is 14.6. The van der Waals surface area contributed by atoms with E-state index in [0.717, 1.165) is 43.1 Å². The number of anilines is 1. The van der Waals surface area contributed by atoms with Gasteiger partial charge in [-0.15, -0.1) is 0 Å². The van der Waals surface area contributed by atoms with E-state index in [1.165, 1.54) is 38.5 Å². The van der Waals surface area contributed by atoms with Crippen LogP contribution in [0.15, 0.2) is 12.3 Å². The number of rotatable bonds is 4. The van der Waals surface area contributed by atoms with Crippen LogP contribution >= 0.6 is 0 Å². The number of carbonyl (C=O) groups excluding carboxylic acids is 1. The summed E-state index contributed by atoms with van der Waals surface area (Å²) in [7, 11) is 0. The minimum absolute atomic E-state index is 0.0206. The second kappa shape index (κ2) is 7.75. The molecule has 1 aromatic rings. The van der Waals surface area contributed by atoms with Crippen LogP contribution in [-0.2, 0) is 0 Å². The topological polar surface area (TPSA) is 58.1 Å². The second-order valence-corrected chi connectivity index (χ2v) is 7.03. The number of nitrogens with one attached hydrogen (secondary N) is 1. The summed E-state index contributed by atoms with van der Waals surface area (Å²) in [6.45, 7) is 2.74. The van der Waals surface area contributed by atoms with E-state index in [-0.39, 0.29) is 6.03 Å². The van der Waals surface area contributed by atoms with Gasteiger partial charge in [0, 0.05) is 12.6 Å². The molecule has 1 saturated carbocycles. The summed E-state index contributed by atoms with van der Waals surface area (Å²) in [6, 6.07) is 2.24. The highest BCUT2D eigenvalue weighted by Crippen LogP contribution is 2.31. The molecule has 3 rings (SSSR count). The summed E-state index contributed by atoms with van der Waals surface area (Å²) in [6.07, 6.45) is 13.3. The quantitative estimate of drug-likeness (QED) is 0.908. The maximum atomic E-state index is 12.6. The number of hydrogen-bond donors (Lipinski definition) is 1. The Hall–Kier alpha value is -1.65. The summed E-state index contributed by atoms with van der Waals surface area (Å²) < 4.78 is 0. The molecule has 5 heteroatoms. The number of aromatic nitrogens is 2. The number of amides is 2. The summed E-state index contributed by atoms with van der Waals surface area (Å²) in [5.74, 6) is 0.890. The monoisotopic (exact) mass is 316 g/mol. The lowest BCUT2D eigenvalue weighted by molar-refractivity contribution is 0.198. The highest BCUT2D eigenvalue weighted by Gasteiger charge is 2.29. The molecule has 23 heavy (non-hydrogen) atoms. The van der Waals surface area contributed by atoms with Gasteiger partial charge in [0.1, 0.15) is 0 Å². The summed E-state index contributed by atoms with van der Waals surface area (Å²) in [5.41, 5.74) is 1.53. The van der Waals surface area contributed by atoms with E-state index in [0.29, 0.717) is 6.04 Å². The largest absolute Gasteiger partial charge is 0.322 e. The molecule has 2 fully saturated rings. The Morgan fingerprint density at radius 2 is 2.04 bits per heavy atom. The highest BCUT2D eigenvalue weighted by molar-refractivity contribution is 5.90. The third-order valence-electron chi connectivity index (χ3n) is 5.42. The van der Waals surface area contributed by atoms with E-state index < -0.39 is 0 Å². The molecule has 1 aliphatic heterocycles. The fourth-order valence-electron chi connectivity index (χ4n) is 4.03. The van der Waals surface area contributed by atoms with Crippen molar-refractivity contribution in [1.82, 2.24) is 15.1 Å². The SMILES string of the molecule is Cc1nnccc1NC(=O)N1CCC[C@@H]1CCC1CCCCC1. The zero-order chi connectivity index (χ0) is 16.1. The molecular formula is C18H28N4O. The van der Waals surface area contributed by atoms with Crippen LogP contribution in [0.1, 0.15) is 63.5 Å². The average molecular weight is 316 g/mol. The van der Waals surface area contributed by atoms with Crippen molar-refractivity contribution >= 4 is 11.7 Å². The first-order valence-electron chi connectivity index (χ1n) is 9.10. The molecule has 2 aliphatic rings. The Balaban J connectivity index is 1.53. The van der Waals surface area contributed by atoms with Crippen LogP contribution in [0.3, 0.4) is 0 Å². The lowest BCUT2D eigenvalue weighted by atomic mass is 9.85. The van der Waals surface area contributed by atoms with Crippen LogP contribution in [-0.4, -0.2) is 33.7 Å². The zero-order valence-electron chi connectivity index (χ0n) is 14.1. The molecule has 1 aliphatic carbocycles. The van der Waals surface area contributed by atoms with E-state index >= 15 is 0 Å². The molecule has 0 unspecified atom stereocenters. The zero-order valence-corrected chi connectivity index (χ0v) is 14.1. The Morgan fingerprint density at radius 3 is 2.83 bits per heavy atom. The van der Waals surface area contributed by atoms with Gasteiger partial charge in [0.25, 0.3) is 0 Å². The molecule has 1 N–H and O–H groups in total. The smallest absolute Gasteiger partial charge is 0.322 e. The Bertz CT molecular complexity index is 528. The third kappa shape index (κ3) is 4.21. The van der Waals surface area contributed by atoms with Crippen molar-refractivity contribution in [2.75, 3.05) is 11.9 Å². The average Bonchev–Trinajstić information content (AvgIpc) is 3.05. The van der Waals surface area contributed by atoms with E-state index in [2.05, 4.69) is 15.5 Å². The van der Waals surface area contributed by atoms with Gasteiger partial charge < -0.3 is 10.2 Å². The Morgan fingerprint density at radius 1 is 1.22 bits per heavy atom. The minimum atomic E-state index is 0.0206. The maximum Gasteiger partial charge on any atom is 0.322 e. The predicted molar refractivity (Wildman–Crippen MR) is 91.3 cm³/mol. The number of aryl methyl sites for hydroxylation is 1. The Labute approximate surface area is 138 Å². The number of nitrogens with zero attached hydrogens (tertiary/aromatic N) is 3. The van der Waals surface area contributed by atoms with E-state index in [9.17, 15) is 4.79 Å². The first-order valence-corrected chi connectivity index (χ1v) is 9.10. The van der Waals surface area contributed by atoms with Crippen LogP contribution < -0.4 is 5.32 Å². The standard InChI is InChI=1S/C18H28N4O/c1-14-17(11-12-19-21-14)20-18(23)22-13-5-8-16(22)10-9-15-6-3-2-4-7-15/h11-12,15-16H,2-10,13H2,1H3,(H,19,20,23)/t16-/m1/s1. The molecule has 5 nitrogen and oxygen atoms in total. The van der Waals surface area contributed by atoms with E-state index in [1.54, 1.807) is 6.20 Å². The van der Waals surface area contributed by atoms with Gasteiger partial charge >= 0.3 is 6.03 Å². The van der Waals surface area contributed by atoms with Gasteiger partial charge in [-0.1, -0.05) is 32.1 Å². The van der Waals surface area contributed by atoms with Gasteiger partial charge in [-0.05, 0) is 44.6 Å². The fraction of sp³-hybridized carbons (Fsp3) is 0.722. The van der Waals surface area contributed by atoms with Gasteiger partial charge in [0.05, 0.1) is 17.6 Å².